The SMILES string of the molecule is COC(=O)c1cc(C(=O)c2ncc(Br)cn2)ccc1F. The number of carbonyl (C=O) groups is 2. The van der Waals surface area contributed by atoms with E-state index in [2.05, 4.69) is 30.6 Å². The molecule has 0 unspecified atom stereocenters. The van der Waals surface area contributed by atoms with E-state index >= 15 is 0 Å². The van der Waals surface area contributed by atoms with Crippen molar-refractivity contribution in [3.63, 3.8) is 0 Å². The predicted molar refractivity (Wildman–Crippen MR) is 70.9 cm³/mol. The van der Waals surface area contributed by atoms with Gasteiger partial charge in [-0.25, -0.2) is 19.2 Å². The molecule has 0 aliphatic rings. The van der Waals surface area contributed by atoms with Crippen molar-refractivity contribution in [1.82, 2.24) is 9.97 Å². The number of carbonyl (C=O) groups excluding carboxylic acids is 2. The summed E-state index contributed by atoms with van der Waals surface area (Å²) in [5.74, 6) is -2.17. The van der Waals surface area contributed by atoms with Gasteiger partial charge in [0.25, 0.3) is 0 Å². The number of hydrogen-bond acceptors (Lipinski definition) is 5. The minimum atomic E-state index is -0.853. The van der Waals surface area contributed by atoms with Crippen molar-refractivity contribution in [3.8, 4) is 0 Å². The first-order valence-electron chi connectivity index (χ1n) is 5.43. The molecule has 0 aliphatic heterocycles. The second kappa shape index (κ2) is 5.87. The van der Waals surface area contributed by atoms with Crippen molar-refractivity contribution in [2.24, 2.45) is 0 Å². The standard InChI is InChI=1S/C13H8BrFN2O3/c1-20-13(19)9-4-7(2-3-10(9)15)11(18)12-16-5-8(14)6-17-12/h2-6H,1H3. The van der Waals surface area contributed by atoms with Crippen molar-refractivity contribution < 1.29 is 18.7 Å². The van der Waals surface area contributed by atoms with Gasteiger partial charge in [0.1, 0.15) is 5.82 Å². The zero-order chi connectivity index (χ0) is 14.7. The van der Waals surface area contributed by atoms with Gasteiger partial charge in [0, 0.05) is 18.0 Å². The van der Waals surface area contributed by atoms with Crippen molar-refractivity contribution in [3.05, 3.63) is 57.8 Å². The number of hydrogen-bond donors (Lipinski definition) is 0. The van der Waals surface area contributed by atoms with Crippen LogP contribution in [0.1, 0.15) is 26.5 Å². The van der Waals surface area contributed by atoms with E-state index in [-0.39, 0.29) is 17.0 Å². The number of halogens is 2. The zero-order valence-corrected chi connectivity index (χ0v) is 11.8. The second-order valence-electron chi connectivity index (χ2n) is 3.74. The summed E-state index contributed by atoms with van der Waals surface area (Å²) in [6.45, 7) is 0. The summed E-state index contributed by atoms with van der Waals surface area (Å²) in [7, 11) is 1.13. The molecule has 1 heterocycles. The first kappa shape index (κ1) is 14.3. The average Bonchev–Trinajstić information content (AvgIpc) is 2.47. The average molecular weight is 339 g/mol. The summed E-state index contributed by atoms with van der Waals surface area (Å²) in [5.41, 5.74) is -0.204. The summed E-state index contributed by atoms with van der Waals surface area (Å²) in [6, 6.07) is 3.41. The van der Waals surface area contributed by atoms with Crippen molar-refractivity contribution in [1.29, 1.82) is 0 Å². The summed E-state index contributed by atoms with van der Waals surface area (Å²) in [6.07, 6.45) is 2.84. The van der Waals surface area contributed by atoms with Gasteiger partial charge in [-0.05, 0) is 34.1 Å². The molecule has 0 atom stereocenters. The van der Waals surface area contributed by atoms with Crippen LogP contribution in [0.15, 0.2) is 35.1 Å². The lowest BCUT2D eigenvalue weighted by Crippen LogP contribution is -2.10. The van der Waals surface area contributed by atoms with Gasteiger partial charge in [-0.15, -0.1) is 0 Å². The van der Waals surface area contributed by atoms with Crippen LogP contribution in [-0.4, -0.2) is 28.8 Å². The Labute approximate surface area is 121 Å². The number of rotatable bonds is 3. The van der Waals surface area contributed by atoms with Gasteiger partial charge in [-0.2, -0.15) is 0 Å². The van der Waals surface area contributed by atoms with E-state index in [4.69, 9.17) is 0 Å². The molecule has 0 saturated heterocycles. The Balaban J connectivity index is 2.40. The molecule has 2 rings (SSSR count). The minimum Gasteiger partial charge on any atom is -0.465 e. The Bertz CT molecular complexity index is 674. The van der Waals surface area contributed by atoms with Crippen molar-refractivity contribution >= 4 is 27.7 Å². The van der Waals surface area contributed by atoms with E-state index < -0.39 is 17.6 Å². The number of esters is 1. The van der Waals surface area contributed by atoms with E-state index in [0.29, 0.717) is 4.47 Å². The van der Waals surface area contributed by atoms with Crippen molar-refractivity contribution in [2.45, 2.75) is 0 Å². The van der Waals surface area contributed by atoms with Crippen LogP contribution in [0.3, 0.4) is 0 Å². The highest BCUT2D eigenvalue weighted by molar-refractivity contribution is 9.10. The molecule has 0 saturated carbocycles. The number of aromatic nitrogens is 2. The maximum Gasteiger partial charge on any atom is 0.340 e. The Kier molecular flexibility index (Phi) is 4.19. The Morgan fingerprint density at radius 3 is 2.50 bits per heavy atom. The molecule has 102 valence electrons. The summed E-state index contributed by atoms with van der Waals surface area (Å²) in [5, 5.41) is 0. The fraction of sp³-hybridized carbons (Fsp3) is 0.0769. The maximum atomic E-state index is 13.5. The van der Waals surface area contributed by atoms with Gasteiger partial charge in [0.15, 0.2) is 0 Å². The quantitative estimate of drug-likeness (QED) is 0.634. The highest BCUT2D eigenvalue weighted by Gasteiger charge is 2.18. The van der Waals surface area contributed by atoms with E-state index in [1.165, 1.54) is 18.5 Å². The number of ether oxygens (including phenoxy) is 1. The van der Waals surface area contributed by atoms with Crippen LogP contribution in [0, 0.1) is 5.82 Å². The molecule has 0 N–H and O–H groups in total. The highest BCUT2D eigenvalue weighted by Crippen LogP contribution is 2.15. The molecule has 0 fully saturated rings. The Morgan fingerprint density at radius 2 is 1.90 bits per heavy atom. The molecule has 5 nitrogen and oxygen atoms in total. The molecule has 0 spiro atoms. The third-order valence-corrected chi connectivity index (χ3v) is 2.87. The van der Waals surface area contributed by atoms with E-state index in [0.717, 1.165) is 19.2 Å². The largest absolute Gasteiger partial charge is 0.465 e. The lowest BCUT2D eigenvalue weighted by molar-refractivity contribution is 0.0595. The van der Waals surface area contributed by atoms with E-state index in [1.807, 2.05) is 0 Å². The van der Waals surface area contributed by atoms with Crippen LogP contribution >= 0.6 is 15.9 Å². The van der Waals surface area contributed by atoms with Crippen LogP contribution < -0.4 is 0 Å². The molecule has 0 bridgehead atoms. The maximum absolute atomic E-state index is 13.5. The first-order chi connectivity index (χ1) is 9.52. The number of ketones is 1. The lowest BCUT2D eigenvalue weighted by Gasteiger charge is -2.04. The first-order valence-corrected chi connectivity index (χ1v) is 6.22. The fourth-order valence-corrected chi connectivity index (χ4v) is 1.70. The molecular weight excluding hydrogens is 331 g/mol. The van der Waals surface area contributed by atoms with Gasteiger partial charge in [0.05, 0.1) is 17.1 Å². The van der Waals surface area contributed by atoms with Crippen LogP contribution in [0.25, 0.3) is 0 Å². The summed E-state index contributed by atoms with van der Waals surface area (Å²) < 4.78 is 18.5. The molecular formula is C13H8BrFN2O3. The summed E-state index contributed by atoms with van der Waals surface area (Å²) >= 11 is 3.15. The van der Waals surface area contributed by atoms with Crippen LogP contribution in [-0.2, 0) is 4.74 Å². The molecule has 2 aromatic rings. The third-order valence-electron chi connectivity index (χ3n) is 2.46. The zero-order valence-electron chi connectivity index (χ0n) is 10.3. The normalized spacial score (nSPS) is 10.2. The smallest absolute Gasteiger partial charge is 0.340 e. The number of benzene rings is 1. The Morgan fingerprint density at radius 1 is 1.25 bits per heavy atom. The molecule has 20 heavy (non-hydrogen) atoms. The molecule has 1 aromatic carbocycles. The molecule has 1 aromatic heterocycles. The second-order valence-corrected chi connectivity index (χ2v) is 4.66. The third kappa shape index (κ3) is 2.88. The van der Waals surface area contributed by atoms with Gasteiger partial charge in [-0.3, -0.25) is 4.79 Å². The van der Waals surface area contributed by atoms with Crippen LogP contribution in [0.5, 0.6) is 0 Å². The van der Waals surface area contributed by atoms with Gasteiger partial charge in [-0.1, -0.05) is 0 Å². The predicted octanol–water partition coefficient (Wildman–Crippen LogP) is 2.40. The highest BCUT2D eigenvalue weighted by atomic mass is 79.9. The number of nitrogens with zero attached hydrogens (tertiary/aromatic N) is 2. The summed E-state index contributed by atoms with van der Waals surface area (Å²) in [4.78, 5) is 31.2. The topological polar surface area (TPSA) is 69.2 Å². The molecule has 0 aliphatic carbocycles. The number of methoxy groups -OCH3 is 1. The van der Waals surface area contributed by atoms with Gasteiger partial charge >= 0.3 is 5.97 Å². The van der Waals surface area contributed by atoms with E-state index in [9.17, 15) is 14.0 Å². The molecule has 0 amide bonds. The lowest BCUT2D eigenvalue weighted by atomic mass is 10.1. The fourth-order valence-electron chi connectivity index (χ4n) is 1.49. The molecule has 7 heteroatoms. The monoisotopic (exact) mass is 338 g/mol. The van der Waals surface area contributed by atoms with Crippen molar-refractivity contribution in [2.75, 3.05) is 7.11 Å². The van der Waals surface area contributed by atoms with Crippen LogP contribution in [0.2, 0.25) is 0 Å². The molecule has 0 radical (unpaired) electrons. The minimum absolute atomic E-state index is 0.0457. The van der Waals surface area contributed by atoms with Gasteiger partial charge in [0.2, 0.25) is 11.6 Å². The van der Waals surface area contributed by atoms with Gasteiger partial charge < -0.3 is 4.74 Å². The van der Waals surface area contributed by atoms with E-state index in [1.54, 1.807) is 0 Å². The van der Waals surface area contributed by atoms with Crippen LogP contribution in [0.4, 0.5) is 4.39 Å². The Hall–Kier alpha value is -2.15.